The number of aromatic nitrogens is 1. The van der Waals surface area contributed by atoms with E-state index in [1.54, 1.807) is 12.1 Å². The van der Waals surface area contributed by atoms with Crippen molar-refractivity contribution in [2.75, 3.05) is 38.6 Å². The Labute approximate surface area is 168 Å². The fourth-order valence-corrected chi connectivity index (χ4v) is 3.94. The normalized spacial score (nSPS) is 20.3. The Bertz CT molecular complexity index is 869. The number of carbonyl (C=O) groups is 1. The van der Waals surface area contributed by atoms with Gasteiger partial charge in [-0.05, 0) is 50.7 Å². The summed E-state index contributed by atoms with van der Waals surface area (Å²) in [5.74, 6) is 0.300. The number of alkyl halides is 3. The van der Waals surface area contributed by atoms with Crippen LogP contribution in [0.25, 0.3) is 10.9 Å². The molecule has 1 aliphatic rings. The topological polar surface area (TPSA) is 48.5 Å². The molecule has 0 unspecified atom stereocenters. The molecule has 5 nitrogen and oxygen atoms in total. The lowest BCUT2D eigenvalue weighted by atomic mass is 9.94. The third kappa shape index (κ3) is 5.18. The average Bonchev–Trinajstić information content (AvgIpc) is 2.64. The highest BCUT2D eigenvalue weighted by Crippen LogP contribution is 2.38. The van der Waals surface area contributed by atoms with Crippen LogP contribution in [0.2, 0.25) is 0 Å². The molecule has 158 valence electrons. The van der Waals surface area contributed by atoms with Crippen LogP contribution in [0.3, 0.4) is 0 Å². The van der Waals surface area contributed by atoms with Crippen LogP contribution >= 0.6 is 0 Å². The lowest BCUT2D eigenvalue weighted by molar-refractivity contribution is -0.136. The first-order valence-electron chi connectivity index (χ1n) is 9.79. The molecule has 0 aliphatic carbocycles. The summed E-state index contributed by atoms with van der Waals surface area (Å²) in [7, 11) is 3.84. The number of rotatable bonds is 5. The monoisotopic (exact) mass is 408 g/mol. The number of anilines is 1. The van der Waals surface area contributed by atoms with Crippen LogP contribution < -0.4 is 10.2 Å². The molecular formula is C21H27F3N4O. The Kier molecular flexibility index (Phi) is 6.31. The minimum absolute atomic E-state index is 0.00306. The zero-order valence-electron chi connectivity index (χ0n) is 17.0. The average molecular weight is 408 g/mol. The highest BCUT2D eigenvalue weighted by Gasteiger charge is 2.34. The van der Waals surface area contributed by atoms with Crippen molar-refractivity contribution in [2.24, 2.45) is 5.92 Å². The van der Waals surface area contributed by atoms with E-state index in [1.807, 2.05) is 19.0 Å². The molecule has 1 N–H and O–H groups in total. The van der Waals surface area contributed by atoms with Crippen LogP contribution in [0.5, 0.6) is 0 Å². The van der Waals surface area contributed by atoms with Crippen molar-refractivity contribution in [3.05, 3.63) is 36.0 Å². The number of pyridine rings is 1. The Morgan fingerprint density at radius 2 is 2.03 bits per heavy atom. The van der Waals surface area contributed by atoms with Crippen molar-refractivity contribution in [2.45, 2.75) is 32.0 Å². The molecule has 1 amide bonds. The van der Waals surface area contributed by atoms with E-state index in [4.69, 9.17) is 0 Å². The number of nitrogens with one attached hydrogen (secondary N) is 1. The second-order valence-electron chi connectivity index (χ2n) is 8.09. The maximum atomic E-state index is 13.4. The fraction of sp³-hybridized carbons (Fsp3) is 0.524. The molecule has 1 aromatic carbocycles. The van der Waals surface area contributed by atoms with Gasteiger partial charge in [0.05, 0.1) is 11.1 Å². The number of halogens is 3. The van der Waals surface area contributed by atoms with Crippen LogP contribution in [0, 0.1) is 5.92 Å². The quantitative estimate of drug-likeness (QED) is 0.822. The first-order valence-corrected chi connectivity index (χ1v) is 9.79. The second-order valence-corrected chi connectivity index (χ2v) is 8.09. The van der Waals surface area contributed by atoms with Gasteiger partial charge in [-0.1, -0.05) is 6.92 Å². The highest BCUT2D eigenvalue weighted by molar-refractivity contribution is 5.94. The molecule has 3 rings (SSSR count). The Hall–Kier alpha value is -2.35. The first-order chi connectivity index (χ1) is 13.6. The van der Waals surface area contributed by atoms with Gasteiger partial charge in [0.25, 0.3) is 0 Å². The highest BCUT2D eigenvalue weighted by atomic mass is 19.4. The van der Waals surface area contributed by atoms with Crippen molar-refractivity contribution in [1.29, 1.82) is 0 Å². The van der Waals surface area contributed by atoms with E-state index in [1.165, 1.54) is 12.3 Å². The summed E-state index contributed by atoms with van der Waals surface area (Å²) >= 11 is 0. The van der Waals surface area contributed by atoms with Gasteiger partial charge in [-0.25, -0.2) is 0 Å². The van der Waals surface area contributed by atoms with E-state index in [0.29, 0.717) is 30.8 Å². The smallest absolute Gasteiger partial charge is 0.369 e. The van der Waals surface area contributed by atoms with Crippen molar-refractivity contribution >= 4 is 22.5 Å². The molecule has 1 fully saturated rings. The van der Waals surface area contributed by atoms with Gasteiger partial charge in [0.1, 0.15) is 0 Å². The zero-order valence-corrected chi connectivity index (χ0v) is 17.0. The van der Waals surface area contributed by atoms with E-state index < -0.39 is 11.7 Å². The van der Waals surface area contributed by atoms with Crippen molar-refractivity contribution in [1.82, 2.24) is 15.2 Å². The van der Waals surface area contributed by atoms with Gasteiger partial charge in [0.2, 0.25) is 5.91 Å². The number of hydrogen-bond donors (Lipinski definition) is 1. The minimum Gasteiger partial charge on any atom is -0.369 e. The number of piperidine rings is 1. The van der Waals surface area contributed by atoms with Crippen molar-refractivity contribution < 1.29 is 18.0 Å². The van der Waals surface area contributed by atoms with Crippen molar-refractivity contribution in [3.63, 3.8) is 0 Å². The molecular weight excluding hydrogens is 381 g/mol. The SMILES string of the molecule is C[C@H]1C[C@@H](NC(=O)CCN(C)C)CN(c2ccc(C(F)(F)F)c3ncccc23)C1. The van der Waals surface area contributed by atoms with Gasteiger partial charge in [0.15, 0.2) is 0 Å². The zero-order chi connectivity index (χ0) is 21.2. The predicted molar refractivity (Wildman–Crippen MR) is 108 cm³/mol. The third-order valence-electron chi connectivity index (χ3n) is 5.20. The largest absolute Gasteiger partial charge is 0.418 e. The maximum absolute atomic E-state index is 13.4. The molecule has 1 aromatic heterocycles. The summed E-state index contributed by atoms with van der Waals surface area (Å²) in [5, 5.41) is 3.57. The molecule has 2 aromatic rings. The Morgan fingerprint density at radius 3 is 2.72 bits per heavy atom. The number of fused-ring (bicyclic) bond motifs is 1. The molecule has 29 heavy (non-hydrogen) atoms. The molecule has 0 bridgehead atoms. The molecule has 0 saturated carbocycles. The Balaban J connectivity index is 1.84. The van der Waals surface area contributed by atoms with Gasteiger partial charge < -0.3 is 15.1 Å². The number of amides is 1. The third-order valence-corrected chi connectivity index (χ3v) is 5.20. The van der Waals surface area contributed by atoms with E-state index >= 15 is 0 Å². The standard InChI is InChI=1S/C21H27F3N4O/c1-14-11-15(26-19(29)8-10-27(2)3)13-28(12-14)18-7-6-17(21(22,23)24)20-16(18)5-4-9-25-20/h4-7,9,14-15H,8,10-13H2,1-3H3,(H,26,29)/t14-,15+/m0/s1. The van der Waals surface area contributed by atoms with Crippen LogP contribution in [0.4, 0.5) is 18.9 Å². The number of nitrogens with zero attached hydrogens (tertiary/aromatic N) is 3. The summed E-state index contributed by atoms with van der Waals surface area (Å²) in [6.45, 7) is 4.05. The van der Waals surface area contributed by atoms with Crippen LogP contribution in [0.1, 0.15) is 25.3 Å². The molecule has 8 heteroatoms. The first kappa shape index (κ1) is 21.4. The number of carbonyl (C=O) groups excluding carboxylic acids is 1. The van der Waals surface area contributed by atoms with Gasteiger partial charge in [0, 0.05) is 49.4 Å². The Morgan fingerprint density at radius 1 is 1.28 bits per heavy atom. The van der Waals surface area contributed by atoms with Crippen LogP contribution in [0.15, 0.2) is 30.5 Å². The number of hydrogen-bond acceptors (Lipinski definition) is 4. The molecule has 2 heterocycles. The second kappa shape index (κ2) is 8.57. The van der Waals surface area contributed by atoms with Crippen molar-refractivity contribution in [3.8, 4) is 0 Å². The van der Waals surface area contributed by atoms with E-state index in [2.05, 4.69) is 22.1 Å². The summed E-state index contributed by atoms with van der Waals surface area (Å²) in [4.78, 5) is 20.3. The van der Waals surface area contributed by atoms with Crippen LogP contribution in [-0.4, -0.2) is 55.6 Å². The van der Waals surface area contributed by atoms with Gasteiger partial charge in [-0.3, -0.25) is 9.78 Å². The van der Waals surface area contributed by atoms with Gasteiger partial charge in [-0.2, -0.15) is 13.2 Å². The molecule has 0 spiro atoms. The molecule has 1 saturated heterocycles. The molecule has 0 radical (unpaired) electrons. The summed E-state index contributed by atoms with van der Waals surface area (Å²) in [6.07, 6.45) is -1.80. The summed E-state index contributed by atoms with van der Waals surface area (Å²) in [6, 6.07) is 5.92. The maximum Gasteiger partial charge on any atom is 0.418 e. The van der Waals surface area contributed by atoms with E-state index in [-0.39, 0.29) is 17.5 Å². The summed E-state index contributed by atoms with van der Waals surface area (Å²) < 4.78 is 40.2. The van der Waals surface area contributed by atoms with Gasteiger partial charge in [-0.15, -0.1) is 0 Å². The van der Waals surface area contributed by atoms with E-state index in [0.717, 1.165) is 24.7 Å². The molecule has 2 atom stereocenters. The van der Waals surface area contributed by atoms with Crippen LogP contribution in [-0.2, 0) is 11.0 Å². The lowest BCUT2D eigenvalue weighted by Gasteiger charge is -2.39. The lowest BCUT2D eigenvalue weighted by Crippen LogP contribution is -2.50. The summed E-state index contributed by atoms with van der Waals surface area (Å²) in [5.41, 5.74) is -0.0436. The van der Waals surface area contributed by atoms with Gasteiger partial charge >= 0.3 is 6.18 Å². The molecule has 1 aliphatic heterocycles. The minimum atomic E-state index is -4.46. The van der Waals surface area contributed by atoms with E-state index in [9.17, 15) is 18.0 Å². The number of benzene rings is 1. The fourth-order valence-electron chi connectivity index (χ4n) is 3.94. The predicted octanol–water partition coefficient (Wildman–Crippen LogP) is 3.54.